The molecule has 2 heterocycles. The zero-order chi connectivity index (χ0) is 12.3. The quantitative estimate of drug-likeness (QED) is 0.708. The Kier molecular flexibility index (Phi) is 3.22. The van der Waals surface area contributed by atoms with Gasteiger partial charge in [-0.25, -0.2) is 9.78 Å². The molecule has 0 aliphatic carbocycles. The normalized spacial score (nSPS) is 19.5. The molecule has 0 bridgehead atoms. The van der Waals surface area contributed by atoms with Crippen LogP contribution in [0.5, 0.6) is 0 Å². The molecule has 1 fully saturated rings. The first-order valence-corrected chi connectivity index (χ1v) is 5.38. The van der Waals surface area contributed by atoms with E-state index in [1.165, 1.54) is 18.3 Å². The van der Waals surface area contributed by atoms with E-state index in [0.29, 0.717) is 18.8 Å². The van der Waals surface area contributed by atoms with E-state index in [2.05, 4.69) is 15.6 Å². The number of pyridine rings is 1. The Balaban J connectivity index is 2.01. The SMILES string of the molecule is O=C1CCC(Nc2cc(C(=O)O)ccn2)CN1. The monoisotopic (exact) mass is 235 g/mol. The molecule has 1 amide bonds. The number of carboxylic acid groups (broad SMARTS) is 1. The average molecular weight is 235 g/mol. The minimum Gasteiger partial charge on any atom is -0.478 e. The number of hydrogen-bond donors (Lipinski definition) is 3. The van der Waals surface area contributed by atoms with E-state index in [-0.39, 0.29) is 17.5 Å². The third-order valence-corrected chi connectivity index (χ3v) is 2.62. The van der Waals surface area contributed by atoms with Crippen LogP contribution in [0.3, 0.4) is 0 Å². The standard InChI is InChI=1S/C11H13N3O3/c15-10-2-1-8(6-13-10)14-9-5-7(11(16)17)3-4-12-9/h3-5,8H,1-2,6H2,(H,12,14)(H,13,15)(H,16,17). The van der Waals surface area contributed by atoms with E-state index in [1.807, 2.05) is 0 Å². The fourth-order valence-electron chi connectivity index (χ4n) is 1.71. The van der Waals surface area contributed by atoms with Crippen molar-refractivity contribution in [1.82, 2.24) is 10.3 Å². The fraction of sp³-hybridized carbons (Fsp3) is 0.364. The van der Waals surface area contributed by atoms with Crippen LogP contribution in [0.2, 0.25) is 0 Å². The number of hydrogen-bond acceptors (Lipinski definition) is 4. The Bertz CT molecular complexity index is 437. The highest BCUT2D eigenvalue weighted by Crippen LogP contribution is 2.12. The summed E-state index contributed by atoms with van der Waals surface area (Å²) < 4.78 is 0. The van der Waals surface area contributed by atoms with Crippen LogP contribution in [-0.4, -0.2) is 34.6 Å². The zero-order valence-corrected chi connectivity index (χ0v) is 9.14. The maximum absolute atomic E-state index is 11.0. The number of rotatable bonds is 3. The first kappa shape index (κ1) is 11.4. The molecule has 2 rings (SSSR count). The lowest BCUT2D eigenvalue weighted by molar-refractivity contribution is -0.122. The second-order valence-electron chi connectivity index (χ2n) is 3.92. The van der Waals surface area contributed by atoms with Gasteiger partial charge in [-0.15, -0.1) is 0 Å². The van der Waals surface area contributed by atoms with E-state index in [4.69, 9.17) is 5.11 Å². The Labute approximate surface area is 98.1 Å². The van der Waals surface area contributed by atoms with E-state index in [9.17, 15) is 9.59 Å². The van der Waals surface area contributed by atoms with Gasteiger partial charge in [-0.1, -0.05) is 0 Å². The van der Waals surface area contributed by atoms with Gasteiger partial charge in [-0.05, 0) is 18.6 Å². The predicted octanol–water partition coefficient (Wildman–Crippen LogP) is 0.470. The Morgan fingerprint density at radius 1 is 1.59 bits per heavy atom. The van der Waals surface area contributed by atoms with Crippen LogP contribution < -0.4 is 10.6 Å². The molecular weight excluding hydrogens is 222 g/mol. The highest BCUT2D eigenvalue weighted by molar-refractivity contribution is 5.88. The predicted molar refractivity (Wildman–Crippen MR) is 60.9 cm³/mol. The first-order chi connectivity index (χ1) is 8.15. The van der Waals surface area contributed by atoms with Crippen LogP contribution in [0.15, 0.2) is 18.3 Å². The minimum absolute atomic E-state index is 0.0512. The smallest absolute Gasteiger partial charge is 0.335 e. The van der Waals surface area contributed by atoms with Crippen molar-refractivity contribution in [3.05, 3.63) is 23.9 Å². The molecule has 1 saturated heterocycles. The molecule has 1 unspecified atom stereocenters. The molecule has 1 aromatic rings. The van der Waals surface area contributed by atoms with Crippen LogP contribution in [0.1, 0.15) is 23.2 Å². The van der Waals surface area contributed by atoms with Gasteiger partial charge >= 0.3 is 5.97 Å². The van der Waals surface area contributed by atoms with Crippen molar-refractivity contribution in [3.63, 3.8) is 0 Å². The van der Waals surface area contributed by atoms with Gasteiger partial charge in [0.05, 0.1) is 5.56 Å². The second-order valence-corrected chi connectivity index (χ2v) is 3.92. The van der Waals surface area contributed by atoms with Crippen molar-refractivity contribution in [2.75, 3.05) is 11.9 Å². The van der Waals surface area contributed by atoms with Crippen LogP contribution in [0, 0.1) is 0 Å². The minimum atomic E-state index is -0.979. The summed E-state index contributed by atoms with van der Waals surface area (Å²) in [6.45, 7) is 0.539. The number of piperidine rings is 1. The third kappa shape index (κ3) is 2.93. The van der Waals surface area contributed by atoms with Crippen molar-refractivity contribution in [2.24, 2.45) is 0 Å². The molecule has 0 saturated carbocycles. The Morgan fingerprint density at radius 3 is 3.06 bits per heavy atom. The first-order valence-electron chi connectivity index (χ1n) is 5.38. The van der Waals surface area contributed by atoms with Gasteiger partial charge in [-0.3, -0.25) is 4.79 Å². The second kappa shape index (κ2) is 4.82. The number of carbonyl (C=O) groups is 2. The summed E-state index contributed by atoms with van der Waals surface area (Å²) >= 11 is 0. The average Bonchev–Trinajstić information content (AvgIpc) is 2.32. The lowest BCUT2D eigenvalue weighted by Gasteiger charge is -2.23. The van der Waals surface area contributed by atoms with E-state index in [0.717, 1.165) is 6.42 Å². The number of nitrogens with zero attached hydrogens (tertiary/aromatic N) is 1. The molecule has 1 atom stereocenters. The summed E-state index contributed by atoms with van der Waals surface area (Å²) in [6, 6.07) is 3.03. The van der Waals surface area contributed by atoms with Crippen molar-refractivity contribution in [3.8, 4) is 0 Å². The molecule has 6 heteroatoms. The van der Waals surface area contributed by atoms with Crippen LogP contribution in [-0.2, 0) is 4.79 Å². The van der Waals surface area contributed by atoms with Gasteiger partial charge in [0, 0.05) is 25.2 Å². The molecule has 1 aliphatic rings. The van der Waals surface area contributed by atoms with Crippen LogP contribution >= 0.6 is 0 Å². The van der Waals surface area contributed by atoms with E-state index >= 15 is 0 Å². The molecule has 0 radical (unpaired) electrons. The summed E-state index contributed by atoms with van der Waals surface area (Å²) in [5.41, 5.74) is 0.197. The highest BCUT2D eigenvalue weighted by Gasteiger charge is 2.18. The molecular formula is C11H13N3O3. The van der Waals surface area contributed by atoms with Gasteiger partial charge in [0.1, 0.15) is 5.82 Å². The summed E-state index contributed by atoms with van der Waals surface area (Å²) in [6.07, 6.45) is 2.66. The van der Waals surface area contributed by atoms with Crippen molar-refractivity contribution >= 4 is 17.7 Å². The molecule has 6 nitrogen and oxygen atoms in total. The summed E-state index contributed by atoms with van der Waals surface area (Å²) in [4.78, 5) is 25.8. The fourth-order valence-corrected chi connectivity index (χ4v) is 1.71. The highest BCUT2D eigenvalue weighted by atomic mass is 16.4. The largest absolute Gasteiger partial charge is 0.478 e. The number of amides is 1. The van der Waals surface area contributed by atoms with Crippen molar-refractivity contribution in [1.29, 1.82) is 0 Å². The topological polar surface area (TPSA) is 91.3 Å². The summed E-state index contributed by atoms with van der Waals surface area (Å²) in [7, 11) is 0. The van der Waals surface area contributed by atoms with E-state index < -0.39 is 5.97 Å². The van der Waals surface area contributed by atoms with Gasteiger partial charge in [0.15, 0.2) is 0 Å². The molecule has 1 aliphatic heterocycles. The maximum atomic E-state index is 11.0. The number of nitrogens with one attached hydrogen (secondary N) is 2. The van der Waals surface area contributed by atoms with Gasteiger partial charge in [0.25, 0.3) is 0 Å². The lowest BCUT2D eigenvalue weighted by Crippen LogP contribution is -2.42. The van der Waals surface area contributed by atoms with E-state index in [1.54, 1.807) is 0 Å². The molecule has 0 aromatic carbocycles. The van der Waals surface area contributed by atoms with Crippen molar-refractivity contribution in [2.45, 2.75) is 18.9 Å². The van der Waals surface area contributed by atoms with Crippen molar-refractivity contribution < 1.29 is 14.7 Å². The summed E-state index contributed by atoms with van der Waals surface area (Å²) in [5.74, 6) is -0.409. The number of carbonyl (C=O) groups excluding carboxylic acids is 1. The molecule has 0 spiro atoms. The number of aromatic nitrogens is 1. The summed E-state index contributed by atoms with van der Waals surface area (Å²) in [5, 5.41) is 14.7. The van der Waals surface area contributed by atoms with Crippen LogP contribution in [0.25, 0.3) is 0 Å². The maximum Gasteiger partial charge on any atom is 0.335 e. The number of anilines is 1. The molecule has 3 N–H and O–H groups in total. The zero-order valence-electron chi connectivity index (χ0n) is 9.14. The molecule has 90 valence electrons. The number of aromatic carboxylic acids is 1. The molecule has 1 aromatic heterocycles. The Morgan fingerprint density at radius 2 is 2.41 bits per heavy atom. The molecule has 17 heavy (non-hydrogen) atoms. The Hall–Kier alpha value is -2.11. The van der Waals surface area contributed by atoms with Crippen LogP contribution in [0.4, 0.5) is 5.82 Å². The third-order valence-electron chi connectivity index (χ3n) is 2.62. The van der Waals surface area contributed by atoms with Gasteiger partial charge in [-0.2, -0.15) is 0 Å². The lowest BCUT2D eigenvalue weighted by atomic mass is 10.1. The van der Waals surface area contributed by atoms with Gasteiger partial charge < -0.3 is 15.7 Å². The number of carboxylic acids is 1. The van der Waals surface area contributed by atoms with Gasteiger partial charge in [0.2, 0.25) is 5.91 Å².